The number of halogens is 2. The number of carbonyl (C=O) groups is 2. The lowest BCUT2D eigenvalue weighted by molar-refractivity contribution is -0.132. The molecular weight excluding hydrogens is 363 g/mol. The summed E-state index contributed by atoms with van der Waals surface area (Å²) in [5, 5.41) is 11.3. The second-order valence-corrected chi connectivity index (χ2v) is 8.17. The van der Waals surface area contributed by atoms with Crippen molar-refractivity contribution in [1.82, 2.24) is 10.2 Å². The van der Waals surface area contributed by atoms with Crippen LogP contribution < -0.4 is 5.32 Å². The van der Waals surface area contributed by atoms with Crippen molar-refractivity contribution in [2.45, 2.75) is 13.0 Å². The largest absolute Gasteiger partial charge is 0.504 e. The Bertz CT molecular complexity index is 746. The minimum Gasteiger partial charge on any atom is -0.504 e. The number of nitrogens with one attached hydrogen (secondary N) is 1. The standard InChI is InChI=1S/C14H16ClFN2O5S/c1-8(14(21)18-2-4-24(22,23)5-3-18)17-13(20)9-6-10(15)12(19)11(16)7-9/h6-8,19H,2-5H2,1H3,(H,17,20). The smallest absolute Gasteiger partial charge is 0.252 e. The summed E-state index contributed by atoms with van der Waals surface area (Å²) >= 11 is 5.61. The average molecular weight is 379 g/mol. The minimum absolute atomic E-state index is 0.0705. The first kappa shape index (κ1) is 18.5. The number of hydrogen-bond acceptors (Lipinski definition) is 5. The van der Waals surface area contributed by atoms with E-state index in [0.717, 1.165) is 12.1 Å². The van der Waals surface area contributed by atoms with E-state index < -0.39 is 39.3 Å². The van der Waals surface area contributed by atoms with Gasteiger partial charge in [-0.15, -0.1) is 0 Å². The number of aromatic hydroxyl groups is 1. The van der Waals surface area contributed by atoms with Gasteiger partial charge in [0.15, 0.2) is 21.4 Å². The zero-order valence-electron chi connectivity index (χ0n) is 12.8. The van der Waals surface area contributed by atoms with Gasteiger partial charge in [0.25, 0.3) is 5.91 Å². The van der Waals surface area contributed by atoms with Crippen LogP contribution in [0.5, 0.6) is 5.75 Å². The number of carbonyl (C=O) groups excluding carboxylic acids is 2. The number of benzene rings is 1. The first-order valence-electron chi connectivity index (χ1n) is 7.09. The fourth-order valence-electron chi connectivity index (χ4n) is 2.24. The Morgan fingerprint density at radius 3 is 2.46 bits per heavy atom. The second kappa shape index (κ2) is 6.94. The SMILES string of the molecule is CC(NC(=O)c1cc(F)c(O)c(Cl)c1)C(=O)N1CCS(=O)(=O)CC1. The third-order valence-corrected chi connectivity index (χ3v) is 5.55. The Kier molecular flexibility index (Phi) is 5.34. The van der Waals surface area contributed by atoms with Crippen LogP contribution in [-0.2, 0) is 14.6 Å². The van der Waals surface area contributed by atoms with E-state index in [0.29, 0.717) is 0 Å². The highest BCUT2D eigenvalue weighted by Gasteiger charge is 2.28. The zero-order valence-corrected chi connectivity index (χ0v) is 14.3. The Morgan fingerprint density at radius 2 is 1.92 bits per heavy atom. The van der Waals surface area contributed by atoms with Crippen LogP contribution in [0.2, 0.25) is 5.02 Å². The summed E-state index contributed by atoms with van der Waals surface area (Å²) in [6, 6.07) is 0.968. The topological polar surface area (TPSA) is 104 Å². The van der Waals surface area contributed by atoms with Crippen molar-refractivity contribution in [2.75, 3.05) is 24.6 Å². The maximum atomic E-state index is 13.4. The fraction of sp³-hybridized carbons (Fsp3) is 0.429. The summed E-state index contributed by atoms with van der Waals surface area (Å²) in [5.74, 6) is -3.19. The molecule has 0 radical (unpaired) electrons. The van der Waals surface area contributed by atoms with Crippen LogP contribution in [0.15, 0.2) is 12.1 Å². The van der Waals surface area contributed by atoms with E-state index in [-0.39, 0.29) is 35.2 Å². The summed E-state index contributed by atoms with van der Waals surface area (Å²) in [4.78, 5) is 25.7. The molecule has 1 aliphatic heterocycles. The van der Waals surface area contributed by atoms with E-state index in [1.165, 1.54) is 11.8 Å². The molecule has 1 heterocycles. The van der Waals surface area contributed by atoms with Gasteiger partial charge in [0.1, 0.15) is 6.04 Å². The molecule has 1 aromatic rings. The van der Waals surface area contributed by atoms with Gasteiger partial charge < -0.3 is 15.3 Å². The number of hydrogen-bond donors (Lipinski definition) is 2. The van der Waals surface area contributed by atoms with Gasteiger partial charge in [-0.2, -0.15) is 0 Å². The van der Waals surface area contributed by atoms with Gasteiger partial charge in [0, 0.05) is 18.7 Å². The number of rotatable bonds is 3. The predicted molar refractivity (Wildman–Crippen MR) is 85.2 cm³/mol. The normalized spacial score (nSPS) is 18.0. The Hall–Kier alpha value is -1.87. The van der Waals surface area contributed by atoms with Crippen molar-refractivity contribution in [2.24, 2.45) is 0 Å². The molecule has 1 fully saturated rings. The van der Waals surface area contributed by atoms with Gasteiger partial charge in [0.2, 0.25) is 5.91 Å². The zero-order chi connectivity index (χ0) is 18.1. The molecule has 132 valence electrons. The molecule has 0 saturated carbocycles. The van der Waals surface area contributed by atoms with E-state index in [1.807, 2.05) is 0 Å². The van der Waals surface area contributed by atoms with Crippen LogP contribution in [0.1, 0.15) is 17.3 Å². The van der Waals surface area contributed by atoms with E-state index in [2.05, 4.69) is 5.32 Å². The van der Waals surface area contributed by atoms with Gasteiger partial charge in [-0.3, -0.25) is 9.59 Å². The number of phenolic OH excluding ortho intramolecular Hbond substituents is 1. The Balaban J connectivity index is 2.02. The monoisotopic (exact) mass is 378 g/mol. The van der Waals surface area contributed by atoms with Gasteiger partial charge >= 0.3 is 0 Å². The third kappa shape index (κ3) is 4.15. The first-order valence-corrected chi connectivity index (χ1v) is 9.29. The summed E-state index contributed by atoms with van der Waals surface area (Å²) in [6.45, 7) is 1.59. The Labute approximate surface area is 143 Å². The van der Waals surface area contributed by atoms with Crippen molar-refractivity contribution >= 4 is 33.3 Å². The van der Waals surface area contributed by atoms with E-state index in [9.17, 15) is 27.5 Å². The third-order valence-electron chi connectivity index (χ3n) is 3.65. The highest BCUT2D eigenvalue weighted by molar-refractivity contribution is 7.91. The molecule has 10 heteroatoms. The van der Waals surface area contributed by atoms with Gasteiger partial charge in [-0.1, -0.05) is 11.6 Å². The molecular formula is C14H16ClFN2O5S. The molecule has 2 rings (SSSR count). The number of phenols is 1. The van der Waals surface area contributed by atoms with Crippen LogP contribution in [0.25, 0.3) is 0 Å². The van der Waals surface area contributed by atoms with E-state index in [1.54, 1.807) is 0 Å². The van der Waals surface area contributed by atoms with Crippen LogP contribution in [0.3, 0.4) is 0 Å². The molecule has 24 heavy (non-hydrogen) atoms. The fourth-order valence-corrected chi connectivity index (χ4v) is 3.65. The summed E-state index contributed by atoms with van der Waals surface area (Å²) in [6.07, 6.45) is 0. The van der Waals surface area contributed by atoms with Crippen molar-refractivity contribution in [3.05, 3.63) is 28.5 Å². The van der Waals surface area contributed by atoms with Crippen LogP contribution in [0, 0.1) is 5.82 Å². The maximum Gasteiger partial charge on any atom is 0.252 e. The van der Waals surface area contributed by atoms with Crippen molar-refractivity contribution < 1.29 is 27.5 Å². The van der Waals surface area contributed by atoms with Crippen molar-refractivity contribution in [1.29, 1.82) is 0 Å². The van der Waals surface area contributed by atoms with Gasteiger partial charge in [-0.25, -0.2) is 12.8 Å². The van der Waals surface area contributed by atoms with Crippen LogP contribution in [0.4, 0.5) is 4.39 Å². The number of nitrogens with zero attached hydrogens (tertiary/aromatic N) is 1. The van der Waals surface area contributed by atoms with E-state index in [4.69, 9.17) is 11.6 Å². The van der Waals surface area contributed by atoms with Crippen molar-refractivity contribution in [3.8, 4) is 5.75 Å². The molecule has 7 nitrogen and oxygen atoms in total. The molecule has 0 aliphatic carbocycles. The van der Waals surface area contributed by atoms with Crippen molar-refractivity contribution in [3.63, 3.8) is 0 Å². The first-order chi connectivity index (χ1) is 11.1. The molecule has 1 saturated heterocycles. The molecule has 1 atom stereocenters. The minimum atomic E-state index is -3.12. The lowest BCUT2D eigenvalue weighted by Crippen LogP contribution is -2.51. The van der Waals surface area contributed by atoms with E-state index >= 15 is 0 Å². The molecule has 1 aliphatic rings. The lowest BCUT2D eigenvalue weighted by atomic mass is 10.1. The van der Waals surface area contributed by atoms with Gasteiger partial charge in [-0.05, 0) is 19.1 Å². The molecule has 0 aromatic heterocycles. The summed E-state index contributed by atoms with van der Waals surface area (Å²) < 4.78 is 36.1. The highest BCUT2D eigenvalue weighted by atomic mass is 35.5. The molecule has 0 spiro atoms. The summed E-state index contributed by atoms with van der Waals surface area (Å²) in [7, 11) is -3.12. The Morgan fingerprint density at radius 1 is 1.33 bits per heavy atom. The molecule has 1 unspecified atom stereocenters. The lowest BCUT2D eigenvalue weighted by Gasteiger charge is -2.29. The second-order valence-electron chi connectivity index (χ2n) is 5.46. The molecule has 0 bridgehead atoms. The quantitative estimate of drug-likeness (QED) is 0.799. The molecule has 2 N–H and O–H groups in total. The van der Waals surface area contributed by atoms with Gasteiger partial charge in [0.05, 0.1) is 16.5 Å². The highest BCUT2D eigenvalue weighted by Crippen LogP contribution is 2.27. The summed E-state index contributed by atoms with van der Waals surface area (Å²) in [5.41, 5.74) is -0.142. The maximum absolute atomic E-state index is 13.4. The predicted octanol–water partition coefficient (Wildman–Crippen LogP) is 0.560. The molecule has 1 aromatic carbocycles. The molecule has 2 amide bonds. The van der Waals surface area contributed by atoms with Crippen LogP contribution in [-0.4, -0.2) is 60.9 Å². The number of sulfone groups is 1. The average Bonchev–Trinajstić information content (AvgIpc) is 2.51. The number of amides is 2. The van der Waals surface area contributed by atoms with Crippen LogP contribution >= 0.6 is 11.6 Å².